The van der Waals surface area contributed by atoms with Crippen LogP contribution in [-0.4, -0.2) is 119 Å². The molecule has 2 atom stereocenters. The summed E-state index contributed by atoms with van der Waals surface area (Å²) in [5, 5.41) is 14.2. The molecule has 1 aromatic carbocycles. The molecule has 2 saturated heterocycles. The van der Waals surface area contributed by atoms with E-state index in [-0.39, 0.29) is 35.7 Å². The Balaban J connectivity index is 0.975. The number of aliphatic hydroxyl groups excluding tert-OH is 1. The van der Waals surface area contributed by atoms with Crippen molar-refractivity contribution in [2.45, 2.75) is 75.7 Å². The van der Waals surface area contributed by atoms with E-state index in [4.69, 9.17) is 14.5 Å². The molecule has 260 valence electrons. The number of hydrogen-bond donors (Lipinski definition) is 2. The number of hydrogen-bond acceptors (Lipinski definition) is 11. The average Bonchev–Trinajstić information content (AvgIpc) is 3.66. The van der Waals surface area contributed by atoms with Crippen molar-refractivity contribution in [3.63, 3.8) is 0 Å². The molecular formula is C34H46N6O7S. The van der Waals surface area contributed by atoms with E-state index < -0.39 is 22.0 Å². The van der Waals surface area contributed by atoms with E-state index in [9.17, 15) is 23.1 Å². The number of benzene rings is 1. The monoisotopic (exact) mass is 682 g/mol. The van der Waals surface area contributed by atoms with Crippen LogP contribution in [0.25, 0.3) is 16.7 Å². The van der Waals surface area contributed by atoms with Gasteiger partial charge in [-0.25, -0.2) is 13.4 Å². The fraction of sp³-hybridized carbons (Fsp3) is 0.588. The summed E-state index contributed by atoms with van der Waals surface area (Å²) in [5.41, 5.74) is 0.919. The molecule has 1 saturated carbocycles. The highest BCUT2D eigenvalue weighted by atomic mass is 32.2. The van der Waals surface area contributed by atoms with Crippen molar-refractivity contribution >= 4 is 38.6 Å². The lowest BCUT2D eigenvalue weighted by Crippen LogP contribution is -2.46. The quantitative estimate of drug-likeness (QED) is 0.227. The minimum absolute atomic E-state index is 0.0166. The smallest absolute Gasteiger partial charge is 0.323 e. The summed E-state index contributed by atoms with van der Waals surface area (Å²) < 4.78 is 36.5. The molecule has 4 heterocycles. The summed E-state index contributed by atoms with van der Waals surface area (Å²) in [6.45, 7) is 1.97. The molecule has 0 spiro atoms. The van der Waals surface area contributed by atoms with Gasteiger partial charge in [-0.05, 0) is 63.4 Å². The minimum Gasteiger partial charge on any atom is -0.493 e. The van der Waals surface area contributed by atoms with Gasteiger partial charge in [-0.3, -0.25) is 14.5 Å². The molecule has 1 aliphatic carbocycles. The van der Waals surface area contributed by atoms with Gasteiger partial charge in [0.2, 0.25) is 11.9 Å². The number of aliphatic hydroxyl groups is 1. The van der Waals surface area contributed by atoms with Gasteiger partial charge in [0, 0.05) is 74.9 Å². The van der Waals surface area contributed by atoms with Gasteiger partial charge in [0.15, 0.2) is 0 Å². The molecule has 3 fully saturated rings. The Morgan fingerprint density at radius 3 is 2.54 bits per heavy atom. The SMILES string of the molecule is CN1CC(O)C[C@H]1C(=O)OC1CCN(C(=O)C2CCC(Nc3nccc(-n4ccc5c(OCCCS(C)(=O)=O)cccc54)n3)CC2)CC1. The highest BCUT2D eigenvalue weighted by Gasteiger charge is 2.37. The average molecular weight is 683 g/mol. The number of amides is 1. The van der Waals surface area contributed by atoms with E-state index in [2.05, 4.69) is 10.3 Å². The number of esters is 1. The van der Waals surface area contributed by atoms with Crippen LogP contribution in [0.3, 0.4) is 0 Å². The maximum atomic E-state index is 13.4. The Kier molecular flexibility index (Phi) is 10.5. The number of piperidine rings is 1. The van der Waals surface area contributed by atoms with E-state index in [0.29, 0.717) is 69.4 Å². The van der Waals surface area contributed by atoms with Crippen LogP contribution >= 0.6 is 0 Å². The van der Waals surface area contributed by atoms with Crippen LogP contribution < -0.4 is 10.1 Å². The van der Waals surface area contributed by atoms with E-state index in [1.54, 1.807) is 6.20 Å². The van der Waals surface area contributed by atoms with Crippen molar-refractivity contribution in [1.82, 2.24) is 24.3 Å². The van der Waals surface area contributed by atoms with Crippen LogP contribution in [0.4, 0.5) is 5.95 Å². The summed E-state index contributed by atoms with van der Waals surface area (Å²) in [7, 11) is -1.20. The topological polar surface area (TPSA) is 156 Å². The minimum atomic E-state index is -3.03. The highest BCUT2D eigenvalue weighted by Crippen LogP contribution is 2.31. The van der Waals surface area contributed by atoms with Crippen molar-refractivity contribution in [1.29, 1.82) is 0 Å². The summed E-state index contributed by atoms with van der Waals surface area (Å²) in [6.07, 6.45) is 9.56. The molecule has 13 nitrogen and oxygen atoms in total. The first-order chi connectivity index (χ1) is 23.0. The Hall–Kier alpha value is -3.75. The van der Waals surface area contributed by atoms with Crippen LogP contribution in [0.5, 0.6) is 5.75 Å². The molecule has 0 bridgehead atoms. The first-order valence-corrected chi connectivity index (χ1v) is 19.0. The summed E-state index contributed by atoms with van der Waals surface area (Å²) in [4.78, 5) is 39.0. The Morgan fingerprint density at radius 2 is 1.83 bits per heavy atom. The lowest BCUT2D eigenvalue weighted by atomic mass is 9.85. The van der Waals surface area contributed by atoms with E-state index in [1.165, 1.54) is 6.26 Å². The van der Waals surface area contributed by atoms with Crippen LogP contribution in [0.15, 0.2) is 42.7 Å². The van der Waals surface area contributed by atoms with Gasteiger partial charge >= 0.3 is 5.97 Å². The molecule has 2 aromatic heterocycles. The predicted molar refractivity (Wildman–Crippen MR) is 181 cm³/mol. The molecule has 48 heavy (non-hydrogen) atoms. The molecule has 1 unspecified atom stereocenters. The van der Waals surface area contributed by atoms with Crippen molar-refractivity contribution < 1.29 is 32.6 Å². The van der Waals surface area contributed by atoms with Crippen molar-refractivity contribution in [3.05, 3.63) is 42.7 Å². The maximum absolute atomic E-state index is 13.4. The van der Waals surface area contributed by atoms with E-state index >= 15 is 0 Å². The van der Waals surface area contributed by atoms with Gasteiger partial charge in [-0.1, -0.05) is 6.07 Å². The molecule has 2 N–H and O–H groups in total. The lowest BCUT2D eigenvalue weighted by Gasteiger charge is -2.36. The molecule has 14 heteroatoms. The van der Waals surface area contributed by atoms with Gasteiger partial charge in [-0.15, -0.1) is 0 Å². The zero-order valence-corrected chi connectivity index (χ0v) is 28.5. The Morgan fingerprint density at radius 1 is 1.06 bits per heavy atom. The fourth-order valence-electron chi connectivity index (χ4n) is 7.13. The van der Waals surface area contributed by atoms with Crippen molar-refractivity contribution in [2.75, 3.05) is 50.6 Å². The van der Waals surface area contributed by atoms with Crippen molar-refractivity contribution in [3.8, 4) is 11.6 Å². The second kappa shape index (κ2) is 14.8. The van der Waals surface area contributed by atoms with Gasteiger partial charge in [0.25, 0.3) is 0 Å². The number of likely N-dealkylation sites (tertiary alicyclic amines) is 2. The van der Waals surface area contributed by atoms with Crippen molar-refractivity contribution in [2.24, 2.45) is 5.92 Å². The third-order valence-electron chi connectivity index (χ3n) is 9.74. The maximum Gasteiger partial charge on any atom is 0.323 e. The molecule has 2 aliphatic heterocycles. The van der Waals surface area contributed by atoms with Crippen LogP contribution in [0.2, 0.25) is 0 Å². The zero-order valence-electron chi connectivity index (χ0n) is 27.7. The zero-order chi connectivity index (χ0) is 33.8. The Labute approximate surface area is 281 Å². The van der Waals surface area contributed by atoms with Crippen LogP contribution in [-0.2, 0) is 24.2 Å². The normalized spacial score (nSPS) is 24.1. The van der Waals surface area contributed by atoms with E-state index in [0.717, 1.165) is 36.6 Å². The van der Waals surface area contributed by atoms with Gasteiger partial charge in [-0.2, -0.15) is 4.98 Å². The first-order valence-electron chi connectivity index (χ1n) is 16.9. The molecular weight excluding hydrogens is 636 g/mol. The second-order valence-electron chi connectivity index (χ2n) is 13.4. The summed E-state index contributed by atoms with van der Waals surface area (Å²) in [5.74, 6) is 1.92. The van der Waals surface area contributed by atoms with Gasteiger partial charge in [0.1, 0.15) is 33.6 Å². The lowest BCUT2D eigenvalue weighted by molar-refractivity contribution is -0.157. The molecule has 1 amide bonds. The van der Waals surface area contributed by atoms with Crippen LogP contribution in [0, 0.1) is 5.92 Å². The standard InChI is InChI=1S/C34H46N6O7S/c1-38-22-25(41)21-29(38)33(43)47-26-12-16-39(17-13-26)32(42)23-7-9-24(10-8-23)36-34-35-15-11-31(37-34)40-18-14-27-28(40)5-3-6-30(27)46-19-4-20-48(2,44)45/h3,5-6,11,14-15,18,23-26,29,41H,4,7-10,12-13,16-17,19-22H2,1-2H3,(H,35,36,37)/t23?,24?,25?,29-/m0/s1. The predicted octanol–water partition coefficient (Wildman–Crippen LogP) is 2.80. The largest absolute Gasteiger partial charge is 0.493 e. The number of anilines is 1. The molecule has 3 aliphatic rings. The number of fused-ring (bicyclic) bond motifs is 1. The number of likely N-dealkylation sites (N-methyl/N-ethyl adjacent to an activating group) is 1. The number of aromatic nitrogens is 3. The molecule has 6 rings (SSSR count). The number of nitrogens with one attached hydrogen (secondary N) is 1. The summed E-state index contributed by atoms with van der Waals surface area (Å²) in [6, 6.07) is 9.35. The van der Waals surface area contributed by atoms with Gasteiger partial charge in [0.05, 0.1) is 24.0 Å². The van der Waals surface area contributed by atoms with Gasteiger partial charge < -0.3 is 29.4 Å². The summed E-state index contributed by atoms with van der Waals surface area (Å²) >= 11 is 0. The number of sulfone groups is 1. The number of carbonyl (C=O) groups is 2. The number of nitrogens with zero attached hydrogens (tertiary/aromatic N) is 5. The third kappa shape index (κ3) is 8.27. The number of carbonyl (C=O) groups excluding carboxylic acids is 2. The third-order valence-corrected chi connectivity index (χ3v) is 10.8. The van der Waals surface area contributed by atoms with E-state index in [1.807, 2.05) is 57.9 Å². The number of rotatable bonds is 11. The molecule has 3 aromatic rings. The fourth-order valence-corrected chi connectivity index (χ4v) is 7.77. The number of ether oxygens (including phenoxy) is 2. The Bertz CT molecular complexity index is 1700. The highest BCUT2D eigenvalue weighted by molar-refractivity contribution is 7.90. The first kappa shape index (κ1) is 34.1. The number of β-amino-alcohol motifs (C(OH)–C–C–N with tert-alkyl or cyclic N) is 1. The molecule has 0 radical (unpaired) electrons. The van der Waals surface area contributed by atoms with Crippen LogP contribution in [0.1, 0.15) is 51.4 Å². The second-order valence-corrected chi connectivity index (χ2v) is 15.7.